The van der Waals surface area contributed by atoms with E-state index in [1.54, 1.807) is 23.5 Å². The molecule has 0 unspecified atom stereocenters. The Hall–Kier alpha value is -0.940. The fourth-order valence-corrected chi connectivity index (χ4v) is 3.13. The van der Waals surface area contributed by atoms with Crippen molar-refractivity contribution in [3.05, 3.63) is 56.5 Å². The number of nitrogens with two attached hydrogens (primary N) is 1. The van der Waals surface area contributed by atoms with E-state index in [-0.39, 0.29) is 12.4 Å². The zero-order valence-electron chi connectivity index (χ0n) is 10.7. The smallest absolute Gasteiger partial charge is 0.132 e. The van der Waals surface area contributed by atoms with E-state index >= 15 is 0 Å². The van der Waals surface area contributed by atoms with Crippen LogP contribution in [-0.2, 0) is 19.6 Å². The van der Waals surface area contributed by atoms with Gasteiger partial charge in [0.2, 0.25) is 0 Å². The first-order valence-electron chi connectivity index (χ1n) is 5.99. The molecule has 0 aliphatic carbocycles. The first-order valence-corrected chi connectivity index (χ1v) is 7.18. The second kappa shape index (κ2) is 6.48. The van der Waals surface area contributed by atoms with E-state index in [1.807, 2.05) is 25.2 Å². The van der Waals surface area contributed by atoms with Gasteiger partial charge in [-0.25, -0.2) is 4.39 Å². The van der Waals surface area contributed by atoms with Gasteiger partial charge in [-0.15, -0.1) is 11.3 Å². The molecule has 2 nitrogen and oxygen atoms in total. The summed E-state index contributed by atoms with van der Waals surface area (Å²) < 4.78 is 14.8. The highest BCUT2D eigenvalue weighted by molar-refractivity contribution is 7.16. The molecule has 0 aliphatic heterocycles. The van der Waals surface area contributed by atoms with Gasteiger partial charge in [0.05, 0.1) is 4.34 Å². The molecule has 1 aromatic carbocycles. The summed E-state index contributed by atoms with van der Waals surface area (Å²) in [6.07, 6.45) is 0. The lowest BCUT2D eigenvalue weighted by atomic mass is 10.1. The zero-order valence-corrected chi connectivity index (χ0v) is 12.3. The fraction of sp³-hybridized carbons (Fsp3) is 0.286. The monoisotopic (exact) mass is 298 g/mol. The topological polar surface area (TPSA) is 29.3 Å². The average molecular weight is 299 g/mol. The van der Waals surface area contributed by atoms with Gasteiger partial charge in [-0.3, -0.25) is 4.90 Å². The maximum Gasteiger partial charge on any atom is 0.132 e. The maximum absolute atomic E-state index is 14.1. The Morgan fingerprint density at radius 3 is 2.58 bits per heavy atom. The van der Waals surface area contributed by atoms with Gasteiger partial charge in [0.25, 0.3) is 0 Å². The number of rotatable bonds is 5. The van der Waals surface area contributed by atoms with Crippen LogP contribution in [0.4, 0.5) is 4.39 Å². The summed E-state index contributed by atoms with van der Waals surface area (Å²) in [6.45, 7) is 1.53. The molecule has 0 bridgehead atoms. The highest BCUT2D eigenvalue weighted by Gasteiger charge is 2.10. The van der Waals surface area contributed by atoms with Gasteiger partial charge in [0.15, 0.2) is 0 Å². The molecule has 0 amide bonds. The summed E-state index contributed by atoms with van der Waals surface area (Å²) in [7, 11) is 1.96. The van der Waals surface area contributed by atoms with Crippen molar-refractivity contribution in [3.63, 3.8) is 0 Å². The van der Waals surface area contributed by atoms with Crippen LogP contribution in [0, 0.1) is 5.82 Å². The Labute approximate surface area is 121 Å². The molecule has 2 N–H and O–H groups in total. The lowest BCUT2D eigenvalue weighted by molar-refractivity contribution is 0.316. The molecule has 0 atom stereocenters. The SMILES string of the molecule is CN(Cc1ccc(Cl)s1)Cc1cccc(CN)c1F. The van der Waals surface area contributed by atoms with Crippen LogP contribution in [0.25, 0.3) is 0 Å². The van der Waals surface area contributed by atoms with Gasteiger partial charge in [-0.2, -0.15) is 0 Å². The van der Waals surface area contributed by atoms with Gasteiger partial charge in [-0.05, 0) is 19.2 Å². The van der Waals surface area contributed by atoms with Crippen LogP contribution in [0.3, 0.4) is 0 Å². The zero-order chi connectivity index (χ0) is 13.8. The molecule has 102 valence electrons. The van der Waals surface area contributed by atoms with E-state index in [0.29, 0.717) is 17.7 Å². The average Bonchev–Trinajstić information content (AvgIpc) is 2.77. The second-order valence-electron chi connectivity index (χ2n) is 4.47. The summed E-state index contributed by atoms with van der Waals surface area (Å²) in [4.78, 5) is 3.23. The van der Waals surface area contributed by atoms with Gasteiger partial charge < -0.3 is 5.73 Å². The van der Waals surface area contributed by atoms with Crippen molar-refractivity contribution in [2.75, 3.05) is 7.05 Å². The Kier molecular flexibility index (Phi) is 4.93. The third-order valence-corrected chi connectivity index (χ3v) is 4.09. The van der Waals surface area contributed by atoms with E-state index in [0.717, 1.165) is 10.9 Å². The number of hydrogen-bond donors (Lipinski definition) is 1. The molecule has 0 saturated heterocycles. The molecule has 0 fully saturated rings. The van der Waals surface area contributed by atoms with Crippen LogP contribution < -0.4 is 5.73 Å². The number of halogens is 2. The normalized spacial score (nSPS) is 11.2. The van der Waals surface area contributed by atoms with Crippen LogP contribution in [-0.4, -0.2) is 11.9 Å². The van der Waals surface area contributed by atoms with Gasteiger partial charge in [0, 0.05) is 35.6 Å². The maximum atomic E-state index is 14.1. The fourth-order valence-electron chi connectivity index (χ4n) is 1.96. The van der Waals surface area contributed by atoms with E-state index in [1.165, 1.54) is 4.88 Å². The molecule has 0 aliphatic rings. The van der Waals surface area contributed by atoms with E-state index < -0.39 is 0 Å². The lowest BCUT2D eigenvalue weighted by Crippen LogP contribution is -2.18. The highest BCUT2D eigenvalue weighted by atomic mass is 35.5. The number of benzene rings is 1. The van der Waals surface area contributed by atoms with E-state index in [4.69, 9.17) is 17.3 Å². The van der Waals surface area contributed by atoms with Crippen LogP contribution in [0.15, 0.2) is 30.3 Å². The minimum Gasteiger partial charge on any atom is -0.326 e. The lowest BCUT2D eigenvalue weighted by Gasteiger charge is -2.17. The molecule has 0 spiro atoms. The van der Waals surface area contributed by atoms with E-state index in [2.05, 4.69) is 4.90 Å². The minimum atomic E-state index is -0.193. The van der Waals surface area contributed by atoms with Crippen LogP contribution in [0.1, 0.15) is 16.0 Å². The summed E-state index contributed by atoms with van der Waals surface area (Å²) in [5.41, 5.74) is 6.74. The molecular weight excluding hydrogens is 283 g/mol. The molecule has 0 saturated carbocycles. The van der Waals surface area contributed by atoms with Crippen molar-refractivity contribution < 1.29 is 4.39 Å². The van der Waals surface area contributed by atoms with Crippen molar-refractivity contribution in [1.82, 2.24) is 4.90 Å². The summed E-state index contributed by atoms with van der Waals surface area (Å²) in [5, 5.41) is 0. The number of nitrogens with zero attached hydrogens (tertiary/aromatic N) is 1. The molecule has 5 heteroatoms. The Morgan fingerprint density at radius 2 is 1.95 bits per heavy atom. The van der Waals surface area contributed by atoms with Crippen molar-refractivity contribution in [3.8, 4) is 0 Å². The Morgan fingerprint density at radius 1 is 1.21 bits per heavy atom. The predicted octanol–water partition coefficient (Wildman–Crippen LogP) is 3.63. The van der Waals surface area contributed by atoms with Crippen molar-refractivity contribution >= 4 is 22.9 Å². The number of hydrogen-bond acceptors (Lipinski definition) is 3. The first kappa shape index (κ1) is 14.5. The molecular formula is C14H16ClFN2S. The van der Waals surface area contributed by atoms with Crippen molar-refractivity contribution in [1.29, 1.82) is 0 Å². The number of thiophene rings is 1. The van der Waals surface area contributed by atoms with Crippen LogP contribution in [0.5, 0.6) is 0 Å². The largest absolute Gasteiger partial charge is 0.326 e. The quantitative estimate of drug-likeness (QED) is 0.913. The molecule has 1 aromatic heterocycles. The summed E-state index contributed by atoms with van der Waals surface area (Å²) >= 11 is 7.44. The summed E-state index contributed by atoms with van der Waals surface area (Å²) in [6, 6.07) is 9.24. The second-order valence-corrected chi connectivity index (χ2v) is 6.27. The van der Waals surface area contributed by atoms with Gasteiger partial charge in [0.1, 0.15) is 5.82 Å². The molecule has 1 heterocycles. The molecule has 19 heavy (non-hydrogen) atoms. The minimum absolute atomic E-state index is 0.193. The summed E-state index contributed by atoms with van der Waals surface area (Å²) in [5.74, 6) is -0.193. The van der Waals surface area contributed by atoms with Crippen molar-refractivity contribution in [2.45, 2.75) is 19.6 Å². The van der Waals surface area contributed by atoms with Gasteiger partial charge >= 0.3 is 0 Å². The van der Waals surface area contributed by atoms with Crippen LogP contribution >= 0.6 is 22.9 Å². The standard InChI is InChI=1S/C14H16ClFN2S/c1-18(9-12-5-6-13(15)19-12)8-11-4-2-3-10(7-17)14(11)16/h2-6H,7-9,17H2,1H3. The third-order valence-electron chi connectivity index (χ3n) is 2.87. The molecule has 2 rings (SSSR count). The third kappa shape index (κ3) is 3.76. The first-order chi connectivity index (χ1) is 9.10. The molecule has 0 radical (unpaired) electrons. The molecule has 2 aromatic rings. The van der Waals surface area contributed by atoms with Crippen LogP contribution in [0.2, 0.25) is 4.34 Å². The van der Waals surface area contributed by atoms with Gasteiger partial charge in [-0.1, -0.05) is 29.8 Å². The highest BCUT2D eigenvalue weighted by Crippen LogP contribution is 2.23. The predicted molar refractivity (Wildman–Crippen MR) is 78.8 cm³/mol. The Bertz CT molecular complexity index is 556. The van der Waals surface area contributed by atoms with Crippen molar-refractivity contribution in [2.24, 2.45) is 5.73 Å². The Balaban J connectivity index is 2.04. The van der Waals surface area contributed by atoms with E-state index in [9.17, 15) is 4.39 Å².